The fourth-order valence-electron chi connectivity index (χ4n) is 2.22. The number of likely N-dealkylation sites (N-methyl/N-ethyl adjacent to an activating group) is 1. The number of nitrogens with one attached hydrogen (secondary N) is 1. The van der Waals surface area contributed by atoms with E-state index in [2.05, 4.69) is 10.2 Å². The third kappa shape index (κ3) is 1.85. The molecule has 0 aliphatic carbocycles. The molecule has 0 radical (unpaired) electrons. The number of nitrogens with zero attached hydrogens (tertiary/aromatic N) is 2. The average molecular weight is 271 g/mol. The van der Waals surface area contributed by atoms with Gasteiger partial charge < -0.3 is 9.64 Å². The van der Waals surface area contributed by atoms with Gasteiger partial charge in [0.1, 0.15) is 5.75 Å². The van der Waals surface area contributed by atoms with Crippen LogP contribution in [-0.4, -0.2) is 35.5 Å². The zero-order chi connectivity index (χ0) is 14.3. The van der Waals surface area contributed by atoms with E-state index in [1.165, 1.54) is 0 Å². The molecule has 1 aliphatic rings. The summed E-state index contributed by atoms with van der Waals surface area (Å²) >= 11 is 0. The first-order chi connectivity index (χ1) is 9.60. The summed E-state index contributed by atoms with van der Waals surface area (Å²) in [6.07, 6.45) is 0.223. The van der Waals surface area contributed by atoms with Gasteiger partial charge in [-0.05, 0) is 31.2 Å². The highest BCUT2D eigenvalue weighted by molar-refractivity contribution is 6.00. The molecule has 6 nitrogen and oxygen atoms in total. The van der Waals surface area contributed by atoms with Crippen LogP contribution in [0.3, 0.4) is 0 Å². The highest BCUT2D eigenvalue weighted by atomic mass is 16.5. The molecule has 1 amide bonds. The summed E-state index contributed by atoms with van der Waals surface area (Å²) < 4.78 is 5.56. The Hall–Kier alpha value is -2.63. The second-order valence-corrected chi connectivity index (χ2v) is 4.67. The van der Waals surface area contributed by atoms with Crippen molar-refractivity contribution in [2.75, 3.05) is 11.9 Å². The number of rotatable bonds is 2. The summed E-state index contributed by atoms with van der Waals surface area (Å²) in [4.78, 5) is 24.2. The van der Waals surface area contributed by atoms with E-state index >= 15 is 0 Å². The molecule has 1 atom stereocenters. The summed E-state index contributed by atoms with van der Waals surface area (Å²) in [5.74, 6) is 0.569. The van der Waals surface area contributed by atoms with Gasteiger partial charge in [0.05, 0.1) is 17.1 Å². The molecule has 1 aliphatic heterocycles. The number of fused-ring (bicyclic) bond motifs is 1. The number of ether oxygens (including phenoxy) is 1. The summed E-state index contributed by atoms with van der Waals surface area (Å²) in [5, 5.41) is 6.70. The molecule has 0 saturated heterocycles. The number of carbonyl (C=O) groups excluding carboxylic acids is 2. The minimum absolute atomic E-state index is 0.0924. The number of hydrogen-bond donors (Lipinski definition) is 1. The van der Waals surface area contributed by atoms with Gasteiger partial charge in [-0.1, -0.05) is 0 Å². The molecule has 1 aromatic carbocycles. The second-order valence-electron chi connectivity index (χ2n) is 4.67. The van der Waals surface area contributed by atoms with Crippen LogP contribution in [-0.2, 0) is 4.79 Å². The number of aromatic nitrogens is 2. The number of benzene rings is 1. The molecular formula is C14H13N3O3. The van der Waals surface area contributed by atoms with Crippen LogP contribution >= 0.6 is 0 Å². The number of H-pyrrole nitrogens is 1. The molecule has 0 bridgehead atoms. The first-order valence-corrected chi connectivity index (χ1v) is 6.19. The zero-order valence-electron chi connectivity index (χ0n) is 11.1. The standard InChI is InChI=1S/C14H13N3O3/c1-8-14(19)17(2)12-5-9(3-4-13(12)20-8)11-6-10(7-18)15-16-11/h3-8H,1-2H3,(H,15,16). The lowest BCUT2D eigenvalue weighted by atomic mass is 10.1. The molecule has 2 aromatic rings. The lowest BCUT2D eigenvalue weighted by Gasteiger charge is -2.30. The smallest absolute Gasteiger partial charge is 0.267 e. The molecule has 0 spiro atoms. The van der Waals surface area contributed by atoms with Crippen molar-refractivity contribution < 1.29 is 14.3 Å². The van der Waals surface area contributed by atoms with Crippen LogP contribution in [0.4, 0.5) is 5.69 Å². The maximum absolute atomic E-state index is 11.9. The van der Waals surface area contributed by atoms with Crippen LogP contribution in [0.5, 0.6) is 5.75 Å². The van der Waals surface area contributed by atoms with Crippen molar-refractivity contribution in [3.8, 4) is 17.0 Å². The summed E-state index contributed by atoms with van der Waals surface area (Å²) in [6, 6.07) is 7.13. The Balaban J connectivity index is 2.04. The van der Waals surface area contributed by atoms with E-state index in [0.29, 0.717) is 29.1 Å². The molecule has 3 rings (SSSR count). The highest BCUT2D eigenvalue weighted by Gasteiger charge is 2.29. The quantitative estimate of drug-likeness (QED) is 0.842. The van der Waals surface area contributed by atoms with Crippen LogP contribution in [0, 0.1) is 0 Å². The molecule has 20 heavy (non-hydrogen) atoms. The Morgan fingerprint density at radius 3 is 2.90 bits per heavy atom. The molecule has 1 unspecified atom stereocenters. The highest BCUT2D eigenvalue weighted by Crippen LogP contribution is 2.36. The zero-order valence-corrected chi connectivity index (χ0v) is 11.1. The fraction of sp³-hybridized carbons (Fsp3) is 0.214. The molecule has 0 saturated carbocycles. The van der Waals surface area contributed by atoms with Crippen molar-refractivity contribution >= 4 is 17.9 Å². The predicted molar refractivity (Wildman–Crippen MR) is 72.9 cm³/mol. The predicted octanol–water partition coefficient (Wildman–Crippen LogP) is 1.63. The largest absolute Gasteiger partial charge is 0.479 e. The van der Waals surface area contributed by atoms with Gasteiger partial charge in [0.2, 0.25) is 0 Å². The molecule has 2 heterocycles. The molecule has 1 N–H and O–H groups in total. The number of anilines is 1. The van der Waals surface area contributed by atoms with E-state index in [4.69, 9.17) is 4.74 Å². The van der Waals surface area contributed by atoms with Gasteiger partial charge in [0.15, 0.2) is 12.4 Å². The third-order valence-corrected chi connectivity index (χ3v) is 3.32. The second kappa shape index (κ2) is 4.48. The lowest BCUT2D eigenvalue weighted by Crippen LogP contribution is -2.41. The summed E-state index contributed by atoms with van der Waals surface area (Å²) in [6.45, 7) is 1.72. The Bertz CT molecular complexity index is 693. The minimum Gasteiger partial charge on any atom is -0.479 e. The molecule has 6 heteroatoms. The van der Waals surface area contributed by atoms with Gasteiger partial charge in [0.25, 0.3) is 5.91 Å². The van der Waals surface area contributed by atoms with Gasteiger partial charge in [-0.15, -0.1) is 0 Å². The maximum atomic E-state index is 11.9. The maximum Gasteiger partial charge on any atom is 0.267 e. The van der Waals surface area contributed by atoms with Gasteiger partial charge in [-0.3, -0.25) is 14.7 Å². The number of aldehydes is 1. The van der Waals surface area contributed by atoms with Crippen LogP contribution in [0.2, 0.25) is 0 Å². The van der Waals surface area contributed by atoms with Crippen molar-refractivity contribution in [1.29, 1.82) is 0 Å². The van der Waals surface area contributed by atoms with Gasteiger partial charge >= 0.3 is 0 Å². The Labute approximate surface area is 115 Å². The van der Waals surface area contributed by atoms with Crippen molar-refractivity contribution in [2.45, 2.75) is 13.0 Å². The monoisotopic (exact) mass is 271 g/mol. The van der Waals surface area contributed by atoms with Crippen LogP contribution in [0.25, 0.3) is 11.3 Å². The van der Waals surface area contributed by atoms with Crippen molar-refractivity contribution in [3.05, 3.63) is 30.0 Å². The average Bonchev–Trinajstić information content (AvgIpc) is 2.93. The Morgan fingerprint density at radius 2 is 2.20 bits per heavy atom. The van der Waals surface area contributed by atoms with Crippen LogP contribution in [0.15, 0.2) is 24.3 Å². The normalized spacial score (nSPS) is 17.6. The van der Waals surface area contributed by atoms with Gasteiger partial charge in [-0.2, -0.15) is 5.10 Å². The van der Waals surface area contributed by atoms with E-state index < -0.39 is 6.10 Å². The Morgan fingerprint density at radius 1 is 1.40 bits per heavy atom. The number of aromatic amines is 1. The van der Waals surface area contributed by atoms with E-state index in [1.54, 1.807) is 31.0 Å². The number of amides is 1. The molecule has 0 fully saturated rings. The van der Waals surface area contributed by atoms with Gasteiger partial charge in [-0.25, -0.2) is 0 Å². The molecule has 1 aromatic heterocycles. The van der Waals surface area contributed by atoms with Crippen LogP contribution < -0.4 is 9.64 Å². The topological polar surface area (TPSA) is 75.3 Å². The number of hydrogen-bond acceptors (Lipinski definition) is 4. The van der Waals surface area contributed by atoms with Gasteiger partial charge in [0, 0.05) is 12.6 Å². The lowest BCUT2D eigenvalue weighted by molar-refractivity contribution is -0.125. The van der Waals surface area contributed by atoms with Crippen molar-refractivity contribution in [1.82, 2.24) is 10.2 Å². The van der Waals surface area contributed by atoms with E-state index in [-0.39, 0.29) is 5.91 Å². The first-order valence-electron chi connectivity index (χ1n) is 6.19. The van der Waals surface area contributed by atoms with Crippen molar-refractivity contribution in [3.63, 3.8) is 0 Å². The first kappa shape index (κ1) is 12.4. The molecule has 102 valence electrons. The SMILES string of the molecule is CC1Oc2ccc(-c3cc(C=O)[nH]n3)cc2N(C)C1=O. The van der Waals surface area contributed by atoms with Crippen LogP contribution in [0.1, 0.15) is 17.4 Å². The van der Waals surface area contributed by atoms with Crippen molar-refractivity contribution in [2.24, 2.45) is 0 Å². The number of carbonyl (C=O) groups is 2. The van der Waals surface area contributed by atoms with E-state index in [0.717, 1.165) is 5.56 Å². The van der Waals surface area contributed by atoms with E-state index in [9.17, 15) is 9.59 Å². The summed E-state index contributed by atoms with van der Waals surface area (Å²) in [7, 11) is 1.71. The minimum atomic E-state index is -0.481. The Kier molecular flexibility index (Phi) is 2.78. The molecular weight excluding hydrogens is 258 g/mol. The summed E-state index contributed by atoms with van der Waals surface area (Å²) in [5.41, 5.74) is 2.56. The fourth-order valence-corrected chi connectivity index (χ4v) is 2.22. The third-order valence-electron chi connectivity index (χ3n) is 3.32. The van der Waals surface area contributed by atoms with E-state index in [1.807, 2.05) is 12.1 Å².